The van der Waals surface area contributed by atoms with Gasteiger partial charge < -0.3 is 11.1 Å². The summed E-state index contributed by atoms with van der Waals surface area (Å²) in [6.07, 6.45) is 3.43. The zero-order valence-corrected chi connectivity index (χ0v) is 12.6. The Morgan fingerprint density at radius 2 is 1.74 bits per heavy atom. The lowest BCUT2D eigenvalue weighted by Crippen LogP contribution is -2.45. The third-order valence-electron chi connectivity index (χ3n) is 3.55. The maximum Gasteiger partial charge on any atom is 0.236 e. The van der Waals surface area contributed by atoms with E-state index >= 15 is 0 Å². The second-order valence-corrected chi connectivity index (χ2v) is 6.99. The average molecular weight is 291 g/mol. The van der Waals surface area contributed by atoms with Gasteiger partial charge in [0.15, 0.2) is 0 Å². The molecule has 0 unspecified atom stereocenters. The van der Waals surface area contributed by atoms with Crippen LogP contribution in [0.2, 0.25) is 0 Å². The van der Waals surface area contributed by atoms with Crippen molar-refractivity contribution in [3.8, 4) is 0 Å². The molecule has 3 N–H and O–H groups in total. The second-order valence-electron chi connectivity index (χ2n) is 5.02. The maximum atomic E-state index is 11.9. The molecular formula is C12H25N3O3S. The summed E-state index contributed by atoms with van der Waals surface area (Å²) in [6, 6.07) is 0.284. The predicted molar refractivity (Wildman–Crippen MR) is 75.1 cm³/mol. The molecule has 0 spiro atoms. The second kappa shape index (κ2) is 7.21. The highest BCUT2D eigenvalue weighted by Crippen LogP contribution is 2.16. The Kier molecular flexibility index (Phi) is 6.22. The van der Waals surface area contributed by atoms with Gasteiger partial charge in [-0.15, -0.1) is 0 Å². The molecule has 0 aromatic rings. The number of rotatable bonds is 6. The van der Waals surface area contributed by atoms with Gasteiger partial charge in [0.2, 0.25) is 15.9 Å². The highest BCUT2D eigenvalue weighted by Gasteiger charge is 2.25. The molecule has 0 bridgehead atoms. The molecular weight excluding hydrogens is 266 g/mol. The van der Waals surface area contributed by atoms with E-state index in [0.29, 0.717) is 13.1 Å². The predicted octanol–water partition coefficient (Wildman–Crippen LogP) is 0.0441. The molecule has 0 radical (unpaired) electrons. The molecule has 0 saturated heterocycles. The van der Waals surface area contributed by atoms with Crippen LogP contribution >= 0.6 is 0 Å². The van der Waals surface area contributed by atoms with E-state index in [2.05, 4.69) is 5.32 Å². The topological polar surface area (TPSA) is 92.5 Å². The van der Waals surface area contributed by atoms with E-state index < -0.39 is 21.7 Å². The van der Waals surface area contributed by atoms with Gasteiger partial charge in [-0.3, -0.25) is 4.79 Å². The standard InChI is InChI=1S/C12H25N3O3S/c1-3-15(4-2)19(17,18)9-12(16)14-11-7-5-10(13)6-8-11/h10-11H,3-9,13H2,1-2H3,(H,14,16). The molecule has 0 aromatic carbocycles. The van der Waals surface area contributed by atoms with Crippen LogP contribution < -0.4 is 11.1 Å². The number of nitrogens with zero attached hydrogens (tertiary/aromatic N) is 1. The summed E-state index contributed by atoms with van der Waals surface area (Å²) in [4.78, 5) is 11.8. The van der Waals surface area contributed by atoms with Crippen molar-refractivity contribution < 1.29 is 13.2 Å². The molecule has 1 saturated carbocycles. The van der Waals surface area contributed by atoms with Crippen molar-refractivity contribution in [3.63, 3.8) is 0 Å². The van der Waals surface area contributed by atoms with Gasteiger partial charge >= 0.3 is 0 Å². The lowest BCUT2D eigenvalue weighted by atomic mass is 9.92. The molecule has 0 aromatic heterocycles. The van der Waals surface area contributed by atoms with E-state index in [1.54, 1.807) is 13.8 Å². The van der Waals surface area contributed by atoms with Crippen molar-refractivity contribution in [2.24, 2.45) is 5.73 Å². The molecule has 1 aliphatic carbocycles. The Hall–Kier alpha value is -0.660. The first kappa shape index (κ1) is 16.4. The van der Waals surface area contributed by atoms with Gasteiger partial charge in [-0.1, -0.05) is 13.8 Å². The zero-order chi connectivity index (χ0) is 14.5. The molecule has 1 rings (SSSR count). The van der Waals surface area contributed by atoms with Crippen molar-refractivity contribution in [3.05, 3.63) is 0 Å². The third kappa shape index (κ3) is 5.08. The normalized spacial score (nSPS) is 24.4. The van der Waals surface area contributed by atoms with Crippen LogP contribution in [0.15, 0.2) is 0 Å². The number of nitrogens with two attached hydrogens (primary N) is 1. The average Bonchev–Trinajstić information content (AvgIpc) is 2.32. The fourth-order valence-electron chi connectivity index (χ4n) is 2.41. The summed E-state index contributed by atoms with van der Waals surface area (Å²) in [7, 11) is -3.49. The van der Waals surface area contributed by atoms with Crippen LogP contribution in [-0.4, -0.2) is 49.6 Å². The molecule has 7 heteroatoms. The van der Waals surface area contributed by atoms with Crippen LogP contribution in [-0.2, 0) is 14.8 Å². The van der Waals surface area contributed by atoms with Gasteiger partial charge in [0.05, 0.1) is 0 Å². The number of amides is 1. The Morgan fingerprint density at radius 3 is 2.21 bits per heavy atom. The fraction of sp³-hybridized carbons (Fsp3) is 0.917. The number of hydrogen-bond acceptors (Lipinski definition) is 4. The molecule has 112 valence electrons. The van der Waals surface area contributed by atoms with Crippen LogP contribution in [0.5, 0.6) is 0 Å². The monoisotopic (exact) mass is 291 g/mol. The first-order valence-electron chi connectivity index (χ1n) is 6.91. The van der Waals surface area contributed by atoms with Crippen LogP contribution in [0, 0.1) is 0 Å². The molecule has 0 atom stereocenters. The van der Waals surface area contributed by atoms with Crippen LogP contribution in [0.3, 0.4) is 0 Å². The first-order valence-corrected chi connectivity index (χ1v) is 8.52. The van der Waals surface area contributed by atoms with E-state index in [-0.39, 0.29) is 12.1 Å². The van der Waals surface area contributed by atoms with Crippen molar-refractivity contribution in [1.29, 1.82) is 0 Å². The molecule has 1 aliphatic rings. The summed E-state index contributed by atoms with van der Waals surface area (Å²) in [5.41, 5.74) is 5.79. The van der Waals surface area contributed by atoms with E-state index in [1.165, 1.54) is 4.31 Å². The molecule has 6 nitrogen and oxygen atoms in total. The van der Waals surface area contributed by atoms with E-state index in [1.807, 2.05) is 0 Å². The number of hydrogen-bond donors (Lipinski definition) is 2. The van der Waals surface area contributed by atoms with Gasteiger partial charge in [0, 0.05) is 25.2 Å². The van der Waals surface area contributed by atoms with Crippen LogP contribution in [0.25, 0.3) is 0 Å². The summed E-state index contributed by atoms with van der Waals surface area (Å²) in [6.45, 7) is 4.32. The van der Waals surface area contributed by atoms with E-state index in [9.17, 15) is 13.2 Å². The number of carbonyl (C=O) groups excluding carboxylic acids is 1. The quantitative estimate of drug-likeness (QED) is 0.723. The fourth-order valence-corrected chi connectivity index (χ4v) is 3.79. The van der Waals surface area contributed by atoms with E-state index in [0.717, 1.165) is 25.7 Å². The molecule has 19 heavy (non-hydrogen) atoms. The molecule has 0 aliphatic heterocycles. The minimum absolute atomic E-state index is 0.0687. The summed E-state index contributed by atoms with van der Waals surface area (Å²) < 4.78 is 25.2. The SMILES string of the molecule is CCN(CC)S(=O)(=O)CC(=O)NC1CCC(N)CC1. The zero-order valence-electron chi connectivity index (χ0n) is 11.8. The van der Waals surface area contributed by atoms with Crippen molar-refractivity contribution >= 4 is 15.9 Å². The smallest absolute Gasteiger partial charge is 0.236 e. The first-order chi connectivity index (χ1) is 8.89. The van der Waals surface area contributed by atoms with Crippen molar-refractivity contribution in [2.75, 3.05) is 18.8 Å². The van der Waals surface area contributed by atoms with Gasteiger partial charge in [-0.25, -0.2) is 12.7 Å². The van der Waals surface area contributed by atoms with Gasteiger partial charge in [-0.2, -0.15) is 0 Å². The third-order valence-corrected chi connectivity index (χ3v) is 5.48. The minimum Gasteiger partial charge on any atom is -0.352 e. The maximum absolute atomic E-state index is 11.9. The number of carbonyl (C=O) groups is 1. The van der Waals surface area contributed by atoms with Crippen molar-refractivity contribution in [2.45, 2.75) is 51.6 Å². The minimum atomic E-state index is -3.49. The van der Waals surface area contributed by atoms with Crippen LogP contribution in [0.4, 0.5) is 0 Å². The molecule has 0 heterocycles. The van der Waals surface area contributed by atoms with E-state index in [4.69, 9.17) is 5.73 Å². The number of nitrogens with one attached hydrogen (secondary N) is 1. The van der Waals surface area contributed by atoms with Crippen molar-refractivity contribution in [1.82, 2.24) is 9.62 Å². The summed E-state index contributed by atoms with van der Waals surface area (Å²) >= 11 is 0. The number of sulfonamides is 1. The Morgan fingerprint density at radius 1 is 1.21 bits per heavy atom. The largest absolute Gasteiger partial charge is 0.352 e. The highest BCUT2D eigenvalue weighted by molar-refractivity contribution is 7.89. The Balaban J connectivity index is 2.46. The highest BCUT2D eigenvalue weighted by atomic mass is 32.2. The summed E-state index contributed by atoms with van der Waals surface area (Å²) in [5, 5.41) is 2.80. The van der Waals surface area contributed by atoms with Gasteiger partial charge in [-0.05, 0) is 25.7 Å². The summed E-state index contributed by atoms with van der Waals surface area (Å²) in [5.74, 6) is -0.871. The Labute approximate surface area is 115 Å². The molecule has 1 amide bonds. The molecule has 1 fully saturated rings. The van der Waals surface area contributed by atoms with Gasteiger partial charge in [0.1, 0.15) is 5.75 Å². The lowest BCUT2D eigenvalue weighted by molar-refractivity contribution is -0.119. The van der Waals surface area contributed by atoms with Crippen LogP contribution in [0.1, 0.15) is 39.5 Å². The lowest BCUT2D eigenvalue weighted by Gasteiger charge is -2.27. The Bertz CT molecular complexity index is 385. The van der Waals surface area contributed by atoms with Gasteiger partial charge in [0.25, 0.3) is 0 Å².